The predicted octanol–water partition coefficient (Wildman–Crippen LogP) is 2.73. The van der Waals surface area contributed by atoms with Crippen molar-refractivity contribution in [2.75, 3.05) is 7.11 Å². The first-order chi connectivity index (χ1) is 5.83. The second kappa shape index (κ2) is 4.73. The number of rotatable bonds is 3. The molecule has 0 radical (unpaired) electrons. The Labute approximate surface area is 73.7 Å². The zero-order valence-electron chi connectivity index (χ0n) is 7.53. The molecule has 0 saturated carbocycles. The summed E-state index contributed by atoms with van der Waals surface area (Å²) in [6.45, 7) is 2.01. The summed E-state index contributed by atoms with van der Waals surface area (Å²) in [5.74, 6) is 0. The molecule has 0 N–H and O–H groups in total. The smallest absolute Gasteiger partial charge is 0.0727 e. The van der Waals surface area contributed by atoms with E-state index in [4.69, 9.17) is 4.74 Å². The third-order valence-corrected chi connectivity index (χ3v) is 1.73. The Balaban J connectivity index is 2.58. The van der Waals surface area contributed by atoms with Crippen LogP contribution in [0.5, 0.6) is 0 Å². The van der Waals surface area contributed by atoms with Gasteiger partial charge in [-0.1, -0.05) is 42.5 Å². The first kappa shape index (κ1) is 9.01. The summed E-state index contributed by atoms with van der Waals surface area (Å²) in [6, 6.07) is 10.2. The summed E-state index contributed by atoms with van der Waals surface area (Å²) >= 11 is 0. The maximum Gasteiger partial charge on any atom is 0.0727 e. The number of hydrogen-bond acceptors (Lipinski definition) is 1. The molecule has 0 aliphatic carbocycles. The van der Waals surface area contributed by atoms with Crippen molar-refractivity contribution in [3.63, 3.8) is 0 Å². The van der Waals surface area contributed by atoms with Crippen LogP contribution in [0.3, 0.4) is 0 Å². The van der Waals surface area contributed by atoms with Gasteiger partial charge in [-0.25, -0.2) is 0 Å². The van der Waals surface area contributed by atoms with E-state index in [-0.39, 0.29) is 6.10 Å². The van der Waals surface area contributed by atoms with Crippen LogP contribution in [0.4, 0.5) is 0 Å². The fourth-order valence-corrected chi connectivity index (χ4v) is 0.889. The van der Waals surface area contributed by atoms with E-state index in [1.54, 1.807) is 7.11 Å². The molecule has 1 nitrogen and oxygen atoms in total. The molecule has 1 aromatic carbocycles. The highest BCUT2D eigenvalue weighted by molar-refractivity contribution is 5.49. The van der Waals surface area contributed by atoms with Gasteiger partial charge in [0.25, 0.3) is 0 Å². The standard InChI is InChI=1S/C11H14O/c1-10(12-2)8-9-11-6-4-3-5-7-11/h3-10H,1-2H3/b9-8+/t10-/m0/s1. The Bertz CT molecular complexity index is 238. The van der Waals surface area contributed by atoms with Crippen molar-refractivity contribution < 1.29 is 4.74 Å². The molecule has 0 spiro atoms. The van der Waals surface area contributed by atoms with Crippen molar-refractivity contribution in [3.8, 4) is 0 Å². The van der Waals surface area contributed by atoms with Crippen LogP contribution in [0.25, 0.3) is 6.08 Å². The molecule has 1 heteroatoms. The Hall–Kier alpha value is -1.08. The Kier molecular flexibility index (Phi) is 3.55. The minimum Gasteiger partial charge on any atom is -0.378 e. The van der Waals surface area contributed by atoms with Gasteiger partial charge in [-0.15, -0.1) is 0 Å². The van der Waals surface area contributed by atoms with Crippen molar-refractivity contribution in [2.45, 2.75) is 13.0 Å². The van der Waals surface area contributed by atoms with E-state index in [2.05, 4.69) is 18.2 Å². The summed E-state index contributed by atoms with van der Waals surface area (Å²) < 4.78 is 5.09. The molecule has 0 aliphatic heterocycles. The van der Waals surface area contributed by atoms with Crippen LogP contribution in [0.2, 0.25) is 0 Å². The van der Waals surface area contributed by atoms with Gasteiger partial charge in [0.2, 0.25) is 0 Å². The number of benzene rings is 1. The third kappa shape index (κ3) is 2.89. The lowest BCUT2D eigenvalue weighted by atomic mass is 10.2. The molecule has 0 saturated heterocycles. The van der Waals surface area contributed by atoms with Crippen LogP contribution in [0.1, 0.15) is 12.5 Å². The number of hydrogen-bond donors (Lipinski definition) is 0. The summed E-state index contributed by atoms with van der Waals surface area (Å²) in [5.41, 5.74) is 1.21. The molecule has 0 aromatic heterocycles. The van der Waals surface area contributed by atoms with Gasteiger partial charge in [-0.05, 0) is 12.5 Å². The molecule has 12 heavy (non-hydrogen) atoms. The van der Waals surface area contributed by atoms with Gasteiger partial charge in [0.05, 0.1) is 6.10 Å². The van der Waals surface area contributed by atoms with E-state index in [1.165, 1.54) is 5.56 Å². The van der Waals surface area contributed by atoms with Crippen LogP contribution >= 0.6 is 0 Å². The normalized spacial score (nSPS) is 13.5. The molecular formula is C11H14O. The van der Waals surface area contributed by atoms with Crippen molar-refractivity contribution in [1.29, 1.82) is 0 Å². The van der Waals surface area contributed by atoms with E-state index in [1.807, 2.05) is 31.2 Å². The minimum atomic E-state index is 0.185. The highest BCUT2D eigenvalue weighted by atomic mass is 16.5. The topological polar surface area (TPSA) is 9.23 Å². The first-order valence-corrected chi connectivity index (χ1v) is 4.09. The van der Waals surface area contributed by atoms with Gasteiger partial charge in [-0.2, -0.15) is 0 Å². The molecule has 0 aliphatic rings. The largest absolute Gasteiger partial charge is 0.378 e. The van der Waals surface area contributed by atoms with Crippen LogP contribution in [-0.4, -0.2) is 13.2 Å². The molecule has 1 rings (SSSR count). The SMILES string of the molecule is CO[C@@H](C)/C=C/c1ccccc1. The van der Waals surface area contributed by atoms with Gasteiger partial charge in [0, 0.05) is 7.11 Å². The zero-order chi connectivity index (χ0) is 8.81. The molecule has 1 aromatic rings. The molecule has 1 atom stereocenters. The maximum absolute atomic E-state index is 5.09. The first-order valence-electron chi connectivity index (χ1n) is 4.09. The molecule has 0 heterocycles. The lowest BCUT2D eigenvalue weighted by molar-refractivity contribution is 0.157. The second-order valence-electron chi connectivity index (χ2n) is 2.71. The number of ether oxygens (including phenoxy) is 1. The summed E-state index contributed by atoms with van der Waals surface area (Å²) in [7, 11) is 1.71. The van der Waals surface area contributed by atoms with Crippen molar-refractivity contribution in [2.24, 2.45) is 0 Å². The predicted molar refractivity (Wildman–Crippen MR) is 51.9 cm³/mol. The molecule has 64 valence electrons. The molecule has 0 amide bonds. The fourth-order valence-electron chi connectivity index (χ4n) is 0.889. The third-order valence-electron chi connectivity index (χ3n) is 1.73. The monoisotopic (exact) mass is 162 g/mol. The fraction of sp³-hybridized carbons (Fsp3) is 0.273. The molecule has 0 bridgehead atoms. The zero-order valence-corrected chi connectivity index (χ0v) is 7.53. The molecule has 0 fully saturated rings. The summed E-state index contributed by atoms with van der Waals surface area (Å²) in [6.07, 6.45) is 4.29. The molecular weight excluding hydrogens is 148 g/mol. The quantitative estimate of drug-likeness (QED) is 0.664. The Morgan fingerprint density at radius 3 is 2.50 bits per heavy atom. The van der Waals surface area contributed by atoms with E-state index < -0.39 is 0 Å². The van der Waals surface area contributed by atoms with Gasteiger partial charge < -0.3 is 4.74 Å². The highest BCUT2D eigenvalue weighted by Gasteiger charge is 1.89. The number of methoxy groups -OCH3 is 1. The van der Waals surface area contributed by atoms with Gasteiger partial charge in [-0.3, -0.25) is 0 Å². The van der Waals surface area contributed by atoms with Crippen LogP contribution < -0.4 is 0 Å². The lowest BCUT2D eigenvalue weighted by Gasteiger charge is -2.00. The highest BCUT2D eigenvalue weighted by Crippen LogP contribution is 2.02. The summed E-state index contributed by atoms with van der Waals surface area (Å²) in [4.78, 5) is 0. The summed E-state index contributed by atoms with van der Waals surface area (Å²) in [5, 5.41) is 0. The second-order valence-corrected chi connectivity index (χ2v) is 2.71. The average molecular weight is 162 g/mol. The molecule has 0 unspecified atom stereocenters. The lowest BCUT2D eigenvalue weighted by Crippen LogP contribution is -1.98. The maximum atomic E-state index is 5.09. The van der Waals surface area contributed by atoms with Crippen LogP contribution in [0, 0.1) is 0 Å². The van der Waals surface area contributed by atoms with Gasteiger partial charge in [0.15, 0.2) is 0 Å². The van der Waals surface area contributed by atoms with Crippen LogP contribution in [-0.2, 0) is 4.74 Å². The Morgan fingerprint density at radius 2 is 1.92 bits per heavy atom. The van der Waals surface area contributed by atoms with Crippen molar-refractivity contribution in [1.82, 2.24) is 0 Å². The van der Waals surface area contributed by atoms with Crippen molar-refractivity contribution >= 4 is 6.08 Å². The Morgan fingerprint density at radius 1 is 1.25 bits per heavy atom. The van der Waals surface area contributed by atoms with Crippen LogP contribution in [0.15, 0.2) is 36.4 Å². The average Bonchev–Trinajstić information content (AvgIpc) is 2.16. The van der Waals surface area contributed by atoms with Gasteiger partial charge in [0.1, 0.15) is 0 Å². The van der Waals surface area contributed by atoms with Crippen molar-refractivity contribution in [3.05, 3.63) is 42.0 Å². The van der Waals surface area contributed by atoms with E-state index in [0.29, 0.717) is 0 Å². The van der Waals surface area contributed by atoms with Gasteiger partial charge >= 0.3 is 0 Å². The van der Waals surface area contributed by atoms with E-state index >= 15 is 0 Å². The van der Waals surface area contributed by atoms with E-state index in [0.717, 1.165) is 0 Å². The van der Waals surface area contributed by atoms with E-state index in [9.17, 15) is 0 Å². The minimum absolute atomic E-state index is 0.185.